The lowest BCUT2D eigenvalue weighted by Crippen LogP contribution is -2.51. The monoisotopic (exact) mass is 1690 g/mol. The van der Waals surface area contributed by atoms with E-state index < -0.39 is 0 Å². The first-order valence-corrected chi connectivity index (χ1v) is 44.5. The Bertz CT molecular complexity index is 7070. The topological polar surface area (TPSA) is 272 Å². The van der Waals surface area contributed by atoms with E-state index >= 15 is 0 Å². The van der Waals surface area contributed by atoms with E-state index in [1.54, 1.807) is 46.4 Å². The molecule has 0 amide bonds. The van der Waals surface area contributed by atoms with E-state index in [9.17, 15) is 19.2 Å². The van der Waals surface area contributed by atoms with Gasteiger partial charge < -0.3 is 38.4 Å². The Kier molecular flexibility index (Phi) is 24.3. The van der Waals surface area contributed by atoms with Crippen LogP contribution in [0.5, 0.6) is 0 Å². The molecular weight excluding hydrogens is 1580 g/mol. The van der Waals surface area contributed by atoms with E-state index in [1.807, 2.05) is 155 Å². The van der Waals surface area contributed by atoms with Gasteiger partial charge in [-0.25, -0.2) is 38.9 Å². The summed E-state index contributed by atoms with van der Waals surface area (Å²) >= 11 is 0. The van der Waals surface area contributed by atoms with Crippen molar-refractivity contribution in [1.29, 1.82) is 0 Å². The number of aryl methyl sites for hydroxylation is 10. The summed E-state index contributed by atoms with van der Waals surface area (Å²) in [5.74, 6) is 0.909. The second kappa shape index (κ2) is 35.8. The third kappa shape index (κ3) is 17.5. The summed E-state index contributed by atoms with van der Waals surface area (Å²) in [7, 11) is 2.16. The molecule has 20 heterocycles. The van der Waals surface area contributed by atoms with Crippen LogP contribution in [0.4, 0.5) is 11.4 Å². The zero-order valence-electron chi connectivity index (χ0n) is 75.1. The number of anilines is 2. The lowest BCUT2D eigenvalue weighted by atomic mass is 9.90. The van der Waals surface area contributed by atoms with Crippen LogP contribution in [0.15, 0.2) is 166 Å². The van der Waals surface area contributed by atoms with E-state index in [0.29, 0.717) is 80.7 Å². The lowest BCUT2D eigenvalue weighted by Gasteiger charge is -2.40. The van der Waals surface area contributed by atoms with Gasteiger partial charge >= 0.3 is 0 Å². The van der Waals surface area contributed by atoms with Gasteiger partial charge in [-0.15, -0.1) is 0 Å². The molecule has 0 bridgehead atoms. The van der Waals surface area contributed by atoms with Gasteiger partial charge in [-0.2, -0.15) is 10.2 Å². The minimum atomic E-state index is -0.101. The molecule has 126 heavy (non-hydrogen) atoms. The van der Waals surface area contributed by atoms with Gasteiger partial charge in [0.15, 0.2) is 0 Å². The molecule has 0 aliphatic carbocycles. The number of hydrogen-bond acceptors (Lipinski definition) is 21. The predicted molar refractivity (Wildman–Crippen MR) is 498 cm³/mol. The lowest BCUT2D eigenvalue weighted by molar-refractivity contribution is 0.164. The van der Waals surface area contributed by atoms with Crippen molar-refractivity contribution in [2.45, 2.75) is 159 Å². The van der Waals surface area contributed by atoms with Crippen LogP contribution >= 0.6 is 0 Å². The first-order chi connectivity index (χ1) is 60.7. The van der Waals surface area contributed by atoms with Crippen molar-refractivity contribution in [1.82, 2.24) is 105 Å². The molecule has 20 rings (SSSR count). The number of piperidine rings is 2. The van der Waals surface area contributed by atoms with Crippen LogP contribution in [0, 0.1) is 55.4 Å². The molecular formula is C97H114N24O5. The highest BCUT2D eigenvalue weighted by atomic mass is 16.3. The molecule has 4 saturated heterocycles. The van der Waals surface area contributed by atoms with Gasteiger partial charge in [0.1, 0.15) is 45.3 Å². The summed E-state index contributed by atoms with van der Waals surface area (Å²) in [4.78, 5) is 104. The molecule has 652 valence electrons. The van der Waals surface area contributed by atoms with Gasteiger partial charge in [0.25, 0.3) is 22.2 Å². The summed E-state index contributed by atoms with van der Waals surface area (Å²) in [5, 5.41) is 18.5. The SMILES string of the molecule is CCN1CCC(c2cc(C)c3nc(-c4cc5c(C)nc(C)cn5n4)cc(=O)n3c2)CC1.CCc1cc(-c2cc(=O)n3cc(N4CCN(C)[C@H](C)C4)ccc3n2)cn2cc(C)nc12.CCc1cc(-c2cc(=O)n3cc(N4CCN(CC)[C@H](C)C4)ccc3n2)cn2cc(C)nc12.Cc1cn2nc(-c3cc(=O)n4cc(C5CCN(CCO)CC5)cc(C)c4n3)cc2c(C)n1. The number of hydrogen-bond donors (Lipinski definition) is 1. The highest BCUT2D eigenvalue weighted by Crippen LogP contribution is 2.34. The maximum atomic E-state index is 13.1. The molecule has 0 spiro atoms. The largest absolute Gasteiger partial charge is 0.395 e. The summed E-state index contributed by atoms with van der Waals surface area (Å²) in [6.45, 7) is 42.2. The van der Waals surface area contributed by atoms with Crippen LogP contribution in [0.1, 0.15) is 147 Å². The zero-order chi connectivity index (χ0) is 88.2. The Morgan fingerprint density at radius 1 is 0.389 bits per heavy atom. The number of fused-ring (bicyclic) bond motifs is 8. The maximum absolute atomic E-state index is 13.1. The molecule has 29 heteroatoms. The summed E-state index contributed by atoms with van der Waals surface area (Å²) in [6.07, 6.45) is 25.7. The van der Waals surface area contributed by atoms with Gasteiger partial charge in [-0.05, 0) is 248 Å². The van der Waals surface area contributed by atoms with Gasteiger partial charge in [-0.3, -0.25) is 51.6 Å². The fourth-order valence-electron chi connectivity index (χ4n) is 18.8. The number of aliphatic hydroxyl groups is 1. The van der Waals surface area contributed by atoms with Crippen molar-refractivity contribution in [3.8, 4) is 45.3 Å². The smallest absolute Gasteiger partial charge is 0.258 e. The average molecular weight is 1700 g/mol. The molecule has 29 nitrogen and oxygen atoms in total. The third-order valence-corrected chi connectivity index (χ3v) is 26.0. The van der Waals surface area contributed by atoms with Gasteiger partial charge in [-0.1, -0.05) is 39.8 Å². The van der Waals surface area contributed by atoms with Gasteiger partial charge in [0, 0.05) is 143 Å². The second-order valence-electron chi connectivity index (χ2n) is 34.8. The van der Waals surface area contributed by atoms with E-state index in [2.05, 4.69) is 145 Å². The van der Waals surface area contributed by atoms with Crippen LogP contribution in [0.25, 0.3) is 90.2 Å². The number of likely N-dealkylation sites (N-methyl/N-ethyl adjacent to an activating group) is 2. The van der Waals surface area contributed by atoms with E-state index in [1.165, 1.54) is 11.1 Å². The first-order valence-electron chi connectivity index (χ1n) is 44.5. The van der Waals surface area contributed by atoms with Crippen molar-refractivity contribution in [3.63, 3.8) is 0 Å². The number of β-amino-alcohol motifs (C(OH)–C–C–N with tert-alkyl or cyclic N) is 1. The van der Waals surface area contributed by atoms with Gasteiger partial charge in [0.2, 0.25) is 0 Å². The number of nitrogens with zero attached hydrogens (tertiary/aromatic N) is 24. The Labute approximate surface area is 731 Å². The number of aliphatic hydroxyl groups excluding tert-OH is 1. The predicted octanol–water partition coefficient (Wildman–Crippen LogP) is 12.5. The Morgan fingerprint density at radius 2 is 0.817 bits per heavy atom. The molecule has 16 aromatic heterocycles. The Morgan fingerprint density at radius 3 is 1.25 bits per heavy atom. The van der Waals surface area contributed by atoms with Crippen molar-refractivity contribution in [2.75, 3.05) is 109 Å². The van der Waals surface area contributed by atoms with Crippen molar-refractivity contribution < 1.29 is 5.11 Å². The molecule has 4 aliphatic heterocycles. The van der Waals surface area contributed by atoms with Crippen molar-refractivity contribution >= 4 is 56.3 Å². The fraction of sp³-hybridized carbons (Fsp3) is 0.402. The van der Waals surface area contributed by atoms with Crippen LogP contribution in [-0.2, 0) is 12.8 Å². The molecule has 0 saturated carbocycles. The molecule has 2 atom stereocenters. The quantitative estimate of drug-likeness (QED) is 0.106. The molecule has 0 radical (unpaired) electrons. The standard InChI is InChI=1S/C25H30N6O.C24H28N6O2.2C24H28N6O/c1-5-19-11-20(15-30-13-17(3)26-25(19)30)22-12-24(32)31-16-21(7-8-23(31)27-22)29-10-9-28(6-2)18(4)14-29;1-15-10-19(18-4-6-28(7-5-18)8-9-31)14-29-23(32)12-20(26-24(15)29)21-11-22-17(3)25-16(2)13-30(22)27-21;1-5-28-8-6-18(7-9-28)19-10-15(2)24-26-20(12-23(31)29(24)14-19)21-11-22-17(4)25-16(3)13-30(22)27-21;1-5-18-10-19(14-29-12-16(2)25-24(18)29)21-11-23(31)30-15-20(6-7-22(30)26-21)28-9-8-27(4)17(3)13-28/h7-8,11-13,15-16,18H,5-6,9-10,14H2,1-4H3;10-14,18,31H,4-9H2,1-3H3;10-14,18H,5-9H2,1-4H3;6-7,10-12,14-15,17H,5,8-9,13H2,1-4H3/t18-;;;17-/m1..1/s1. The van der Waals surface area contributed by atoms with Gasteiger partial charge in [0.05, 0.1) is 98.3 Å². The molecule has 1 N–H and O–H groups in total. The summed E-state index contributed by atoms with van der Waals surface area (Å²) in [6, 6.07) is 27.9. The third-order valence-electron chi connectivity index (χ3n) is 26.0. The first kappa shape index (κ1) is 85.6. The fourth-order valence-corrected chi connectivity index (χ4v) is 18.8. The molecule has 0 unspecified atom stereocenters. The van der Waals surface area contributed by atoms with E-state index in [-0.39, 0.29) is 28.8 Å². The summed E-state index contributed by atoms with van der Waals surface area (Å²) in [5.41, 5.74) is 26.3. The van der Waals surface area contributed by atoms with E-state index in [4.69, 9.17) is 25.0 Å². The van der Waals surface area contributed by atoms with Crippen LogP contribution < -0.4 is 32.0 Å². The number of likely N-dealkylation sites (tertiary alicyclic amines) is 2. The number of aromatic nitrogens is 18. The second-order valence-corrected chi connectivity index (χ2v) is 34.8. The van der Waals surface area contributed by atoms with Crippen LogP contribution in [-0.4, -0.2) is 221 Å². The Hall–Kier alpha value is -12.5. The van der Waals surface area contributed by atoms with Crippen molar-refractivity contribution in [2.24, 2.45) is 0 Å². The number of pyridine rings is 6. The Balaban J connectivity index is 0.000000119. The molecule has 4 aliphatic rings. The average Bonchev–Trinajstić information content (AvgIpc) is 1.27. The maximum Gasteiger partial charge on any atom is 0.258 e. The number of rotatable bonds is 14. The highest BCUT2D eigenvalue weighted by molar-refractivity contribution is 5.71. The highest BCUT2D eigenvalue weighted by Gasteiger charge is 2.28. The molecule has 16 aromatic rings. The molecule has 0 aromatic carbocycles. The molecule has 4 fully saturated rings. The zero-order valence-corrected chi connectivity index (χ0v) is 75.1. The normalized spacial score (nSPS) is 16.7. The summed E-state index contributed by atoms with van der Waals surface area (Å²) < 4.78 is 14.4. The number of piperazine rings is 2. The number of imidazole rings is 2. The van der Waals surface area contributed by atoms with E-state index in [0.717, 1.165) is 225 Å². The van der Waals surface area contributed by atoms with Crippen molar-refractivity contribution in [3.05, 3.63) is 256 Å². The van der Waals surface area contributed by atoms with Crippen LogP contribution in [0.3, 0.4) is 0 Å². The van der Waals surface area contributed by atoms with Crippen LogP contribution in [0.2, 0.25) is 0 Å². The minimum Gasteiger partial charge on any atom is -0.395 e. The minimum absolute atomic E-state index is 0.0629.